The van der Waals surface area contributed by atoms with Crippen molar-refractivity contribution in [2.45, 2.75) is 19.4 Å². The Morgan fingerprint density at radius 3 is 2.89 bits per heavy atom. The van der Waals surface area contributed by atoms with Gasteiger partial charge in [0.05, 0.1) is 10.5 Å². The first-order valence-electron chi connectivity index (χ1n) is 5.93. The van der Waals surface area contributed by atoms with Gasteiger partial charge in [0.2, 0.25) is 0 Å². The minimum absolute atomic E-state index is 0.105. The Balaban J connectivity index is 2.30. The summed E-state index contributed by atoms with van der Waals surface area (Å²) in [4.78, 5) is 4.11. The van der Waals surface area contributed by atoms with Gasteiger partial charge in [-0.3, -0.25) is 16.3 Å². The molecule has 0 saturated carbocycles. The van der Waals surface area contributed by atoms with Crippen LogP contribution in [-0.2, 0) is 6.42 Å². The fourth-order valence-corrected chi connectivity index (χ4v) is 2.45. The zero-order chi connectivity index (χ0) is 13.8. The highest BCUT2D eigenvalue weighted by molar-refractivity contribution is 9.10. The second-order valence-corrected chi connectivity index (χ2v) is 5.16. The van der Waals surface area contributed by atoms with Gasteiger partial charge in [-0.05, 0) is 58.1 Å². The van der Waals surface area contributed by atoms with E-state index in [2.05, 4.69) is 26.3 Å². The first-order valence-corrected chi connectivity index (χ1v) is 6.72. The van der Waals surface area contributed by atoms with Crippen molar-refractivity contribution in [3.05, 3.63) is 63.6 Å². The summed E-state index contributed by atoms with van der Waals surface area (Å²) in [6, 6.07) is 6.82. The van der Waals surface area contributed by atoms with Crippen LogP contribution in [0.1, 0.15) is 22.7 Å². The second-order valence-electron chi connectivity index (χ2n) is 4.37. The van der Waals surface area contributed by atoms with Gasteiger partial charge >= 0.3 is 0 Å². The molecule has 3 nitrogen and oxygen atoms in total. The van der Waals surface area contributed by atoms with Crippen molar-refractivity contribution in [3.63, 3.8) is 0 Å². The molecule has 0 saturated heterocycles. The maximum Gasteiger partial charge on any atom is 0.137 e. The van der Waals surface area contributed by atoms with Gasteiger partial charge in [-0.25, -0.2) is 4.39 Å². The van der Waals surface area contributed by atoms with Crippen molar-refractivity contribution in [2.24, 2.45) is 5.84 Å². The Morgan fingerprint density at radius 1 is 1.42 bits per heavy atom. The average molecular weight is 324 g/mol. The lowest BCUT2D eigenvalue weighted by molar-refractivity contribution is 0.542. The summed E-state index contributed by atoms with van der Waals surface area (Å²) in [5.74, 6) is 5.36. The number of hydrazine groups is 1. The number of aryl methyl sites for hydroxylation is 1. The van der Waals surface area contributed by atoms with Crippen LogP contribution in [-0.4, -0.2) is 4.98 Å². The number of benzene rings is 1. The number of pyridine rings is 1. The van der Waals surface area contributed by atoms with Gasteiger partial charge in [0.1, 0.15) is 5.82 Å². The predicted molar refractivity (Wildman–Crippen MR) is 76.8 cm³/mol. The maximum absolute atomic E-state index is 13.5. The standard InChI is InChI=1S/C14H15BrFN3/c1-9-5-6-18-8-11(9)13(19-17)7-10-3-2-4-12(16)14(10)15/h2-6,8,13,19H,7,17H2,1H3. The average Bonchev–Trinajstić information content (AvgIpc) is 2.41. The lowest BCUT2D eigenvalue weighted by Crippen LogP contribution is -2.30. The lowest BCUT2D eigenvalue weighted by Gasteiger charge is -2.19. The molecule has 0 aliphatic heterocycles. The molecular weight excluding hydrogens is 309 g/mol. The van der Waals surface area contributed by atoms with E-state index in [0.29, 0.717) is 10.9 Å². The number of hydrogen-bond donors (Lipinski definition) is 2. The Morgan fingerprint density at radius 2 is 2.21 bits per heavy atom. The van der Waals surface area contributed by atoms with Gasteiger partial charge in [-0.1, -0.05) is 12.1 Å². The van der Waals surface area contributed by atoms with Crippen LogP contribution in [0.25, 0.3) is 0 Å². The first kappa shape index (κ1) is 14.1. The van der Waals surface area contributed by atoms with Crippen LogP contribution >= 0.6 is 15.9 Å². The molecule has 2 rings (SSSR count). The lowest BCUT2D eigenvalue weighted by atomic mass is 9.97. The number of nitrogens with two attached hydrogens (primary N) is 1. The SMILES string of the molecule is Cc1ccncc1C(Cc1cccc(F)c1Br)NN. The third-order valence-corrected chi connectivity index (χ3v) is 4.00. The Hall–Kier alpha value is -1.30. The molecule has 0 bridgehead atoms. The molecule has 0 spiro atoms. The van der Waals surface area contributed by atoms with Crippen molar-refractivity contribution < 1.29 is 4.39 Å². The van der Waals surface area contributed by atoms with Crippen molar-refractivity contribution in [1.29, 1.82) is 0 Å². The van der Waals surface area contributed by atoms with E-state index < -0.39 is 0 Å². The monoisotopic (exact) mass is 323 g/mol. The van der Waals surface area contributed by atoms with Gasteiger partial charge in [-0.2, -0.15) is 0 Å². The molecule has 0 aliphatic carbocycles. The van der Waals surface area contributed by atoms with Crippen LogP contribution in [0.5, 0.6) is 0 Å². The highest BCUT2D eigenvalue weighted by Crippen LogP contribution is 2.26. The smallest absolute Gasteiger partial charge is 0.137 e. The number of rotatable bonds is 4. The zero-order valence-electron chi connectivity index (χ0n) is 10.5. The van der Waals surface area contributed by atoms with E-state index in [1.54, 1.807) is 18.5 Å². The van der Waals surface area contributed by atoms with Crippen molar-refractivity contribution >= 4 is 15.9 Å². The summed E-state index contributed by atoms with van der Waals surface area (Å²) >= 11 is 3.27. The molecule has 19 heavy (non-hydrogen) atoms. The van der Waals surface area contributed by atoms with E-state index in [-0.39, 0.29) is 11.9 Å². The minimum atomic E-state index is -0.267. The zero-order valence-corrected chi connectivity index (χ0v) is 12.1. The van der Waals surface area contributed by atoms with E-state index in [1.165, 1.54) is 6.07 Å². The largest absolute Gasteiger partial charge is 0.271 e. The third kappa shape index (κ3) is 3.18. The summed E-state index contributed by atoms with van der Waals surface area (Å²) in [5.41, 5.74) is 5.76. The summed E-state index contributed by atoms with van der Waals surface area (Å²) < 4.78 is 14.0. The van der Waals surface area contributed by atoms with Crippen LogP contribution in [0.4, 0.5) is 4.39 Å². The molecule has 0 amide bonds. The van der Waals surface area contributed by atoms with E-state index in [4.69, 9.17) is 5.84 Å². The molecule has 3 N–H and O–H groups in total. The molecule has 1 unspecified atom stereocenters. The molecule has 1 heterocycles. The molecule has 1 aromatic heterocycles. The van der Waals surface area contributed by atoms with Crippen LogP contribution in [0.3, 0.4) is 0 Å². The van der Waals surface area contributed by atoms with E-state index in [1.807, 2.05) is 19.1 Å². The number of nitrogens with zero attached hydrogens (tertiary/aromatic N) is 1. The maximum atomic E-state index is 13.5. The molecule has 0 fully saturated rings. The quantitative estimate of drug-likeness (QED) is 0.671. The van der Waals surface area contributed by atoms with Gasteiger partial charge in [0.25, 0.3) is 0 Å². The molecular formula is C14H15BrFN3. The van der Waals surface area contributed by atoms with Crippen molar-refractivity contribution in [1.82, 2.24) is 10.4 Å². The van der Waals surface area contributed by atoms with Crippen LogP contribution in [0.15, 0.2) is 41.1 Å². The number of halogens is 2. The summed E-state index contributed by atoms with van der Waals surface area (Å²) in [7, 11) is 0. The molecule has 1 atom stereocenters. The first-order chi connectivity index (χ1) is 9.13. The van der Waals surface area contributed by atoms with Crippen LogP contribution < -0.4 is 11.3 Å². The van der Waals surface area contributed by atoms with E-state index >= 15 is 0 Å². The topological polar surface area (TPSA) is 50.9 Å². The molecule has 2 aromatic rings. The highest BCUT2D eigenvalue weighted by Gasteiger charge is 2.15. The number of nitrogens with one attached hydrogen (secondary N) is 1. The molecule has 5 heteroatoms. The van der Waals surface area contributed by atoms with Gasteiger partial charge in [-0.15, -0.1) is 0 Å². The molecule has 1 aromatic carbocycles. The van der Waals surface area contributed by atoms with Crippen molar-refractivity contribution in [3.8, 4) is 0 Å². The third-order valence-electron chi connectivity index (χ3n) is 3.11. The summed E-state index contributed by atoms with van der Waals surface area (Å²) in [6.45, 7) is 2.00. The fourth-order valence-electron chi connectivity index (χ4n) is 2.03. The summed E-state index contributed by atoms with van der Waals surface area (Å²) in [6.07, 6.45) is 4.11. The Labute approximate surface area is 120 Å². The summed E-state index contributed by atoms with van der Waals surface area (Å²) in [5, 5.41) is 0. The molecule has 0 aliphatic rings. The normalized spacial score (nSPS) is 12.4. The Kier molecular flexibility index (Phi) is 4.63. The van der Waals surface area contributed by atoms with Crippen LogP contribution in [0.2, 0.25) is 0 Å². The highest BCUT2D eigenvalue weighted by atomic mass is 79.9. The van der Waals surface area contributed by atoms with Crippen LogP contribution in [0, 0.1) is 12.7 Å². The van der Waals surface area contributed by atoms with Gasteiger partial charge in [0.15, 0.2) is 0 Å². The second kappa shape index (κ2) is 6.23. The predicted octanol–water partition coefficient (Wildman–Crippen LogP) is 3.04. The number of hydrogen-bond acceptors (Lipinski definition) is 3. The van der Waals surface area contributed by atoms with E-state index in [9.17, 15) is 4.39 Å². The van der Waals surface area contributed by atoms with Gasteiger partial charge in [0, 0.05) is 12.4 Å². The minimum Gasteiger partial charge on any atom is -0.271 e. The molecule has 100 valence electrons. The number of aromatic nitrogens is 1. The van der Waals surface area contributed by atoms with Gasteiger partial charge < -0.3 is 0 Å². The Bertz CT molecular complexity index is 574. The van der Waals surface area contributed by atoms with Crippen molar-refractivity contribution in [2.75, 3.05) is 0 Å². The fraction of sp³-hybridized carbons (Fsp3) is 0.214. The van der Waals surface area contributed by atoms with E-state index in [0.717, 1.165) is 16.7 Å². The molecule has 0 radical (unpaired) electrons.